The molecule has 0 spiro atoms. The number of hydrogen-bond donors (Lipinski definition) is 0. The minimum Gasteiger partial charge on any atom is -0.448 e. The maximum Gasteiger partial charge on any atom is 0.409 e. The van der Waals surface area contributed by atoms with Crippen LogP contribution in [0.3, 0.4) is 0 Å². The monoisotopic (exact) mass is 648 g/mol. The molecule has 47 heavy (non-hydrogen) atoms. The molecule has 8 nitrogen and oxygen atoms in total. The number of para-hydroxylation sites is 2. The Morgan fingerprint density at radius 3 is 2.00 bits per heavy atom. The normalized spacial score (nSPS) is 14.6. The fourth-order valence-electron chi connectivity index (χ4n) is 6.19. The number of ether oxygens (including phenoxy) is 1. The molecule has 6 rings (SSSR count). The average molecular weight is 649 g/mol. The number of sulfonamides is 1. The van der Waals surface area contributed by atoms with Gasteiger partial charge in [0.25, 0.3) is 10.0 Å². The predicted molar refractivity (Wildman–Crippen MR) is 185 cm³/mol. The van der Waals surface area contributed by atoms with Crippen LogP contribution < -0.4 is 4.31 Å². The number of fused-ring (bicyclic) bond motifs is 1. The molecule has 1 aliphatic heterocycles. The van der Waals surface area contributed by atoms with E-state index in [-0.39, 0.29) is 29.7 Å². The molecule has 1 aromatic heterocycles. The van der Waals surface area contributed by atoms with Crippen LogP contribution in [0.1, 0.15) is 30.9 Å². The third-order valence-electron chi connectivity index (χ3n) is 8.73. The Bertz CT molecular complexity index is 1820. The molecule has 5 aromatic rings. The summed E-state index contributed by atoms with van der Waals surface area (Å²) in [5, 5.41) is 0.763. The van der Waals surface area contributed by atoms with Gasteiger partial charge in [-0.05, 0) is 55.2 Å². The van der Waals surface area contributed by atoms with E-state index in [9.17, 15) is 13.2 Å². The van der Waals surface area contributed by atoms with Crippen molar-refractivity contribution >= 4 is 32.7 Å². The quantitative estimate of drug-likeness (QED) is 0.152. The number of likely N-dealkylation sites (tertiary alicyclic amines) is 1. The molecule has 0 aliphatic carbocycles. The van der Waals surface area contributed by atoms with Gasteiger partial charge in [-0.3, -0.25) is 14.2 Å². The second-order valence-corrected chi connectivity index (χ2v) is 13.8. The smallest absolute Gasteiger partial charge is 0.409 e. The minimum absolute atomic E-state index is 0.0232. The van der Waals surface area contributed by atoms with Gasteiger partial charge < -0.3 is 9.64 Å². The van der Waals surface area contributed by atoms with Gasteiger partial charge in [0.2, 0.25) is 0 Å². The van der Waals surface area contributed by atoms with Gasteiger partial charge in [-0.15, -0.1) is 0 Å². The number of rotatable bonds is 11. The lowest BCUT2D eigenvalue weighted by molar-refractivity contribution is 0.0592. The van der Waals surface area contributed by atoms with Crippen LogP contribution in [0.5, 0.6) is 0 Å². The maximum atomic E-state index is 14.3. The van der Waals surface area contributed by atoms with Gasteiger partial charge in [0.1, 0.15) is 11.5 Å². The fourth-order valence-corrected chi connectivity index (χ4v) is 8.07. The van der Waals surface area contributed by atoms with Crippen molar-refractivity contribution in [3.05, 3.63) is 139 Å². The van der Waals surface area contributed by atoms with E-state index in [2.05, 4.69) is 41.1 Å². The van der Waals surface area contributed by atoms with Gasteiger partial charge >= 0.3 is 6.09 Å². The van der Waals surface area contributed by atoms with Crippen molar-refractivity contribution in [3.8, 4) is 0 Å². The molecule has 242 valence electrons. The molecule has 2 heterocycles. The second-order valence-electron chi connectivity index (χ2n) is 12.0. The van der Waals surface area contributed by atoms with Gasteiger partial charge in [-0.2, -0.15) is 0 Å². The summed E-state index contributed by atoms with van der Waals surface area (Å²) in [6.07, 6.45) is 2.19. The largest absolute Gasteiger partial charge is 0.448 e. The lowest BCUT2D eigenvalue weighted by Crippen LogP contribution is -2.49. The Morgan fingerprint density at radius 2 is 1.38 bits per heavy atom. The van der Waals surface area contributed by atoms with Crippen molar-refractivity contribution in [2.45, 2.75) is 49.8 Å². The maximum absolute atomic E-state index is 14.3. The van der Waals surface area contributed by atoms with Gasteiger partial charge in [-0.1, -0.05) is 97.1 Å². The lowest BCUT2D eigenvalue weighted by atomic mass is 10.0. The summed E-state index contributed by atoms with van der Waals surface area (Å²) < 4.78 is 36.1. The first-order valence-electron chi connectivity index (χ1n) is 16.1. The summed E-state index contributed by atoms with van der Waals surface area (Å²) in [6, 6.07) is 38.3. The number of anilines is 1. The standard InChI is InChI=1S/C38H40N4O4S/c1-30(41(27-31-13-5-2-6-14-31)28-32-15-7-3-8-16-32)29-46-38(43)40-25-22-35(23-26-40)42(34-19-9-4-10-20-34)47(44,45)36-21-11-17-33-18-12-24-39-37(33)36/h2-21,24,30,35H,22-23,25-29H2,1H3/t30-/m0/s1. The van der Waals surface area contributed by atoms with E-state index in [0.717, 1.165) is 18.5 Å². The van der Waals surface area contributed by atoms with Crippen molar-refractivity contribution in [2.24, 2.45) is 0 Å². The van der Waals surface area contributed by atoms with Gasteiger partial charge in [-0.25, -0.2) is 13.2 Å². The summed E-state index contributed by atoms with van der Waals surface area (Å²) in [5.74, 6) is 0. The number of amides is 1. The molecule has 1 saturated heterocycles. The average Bonchev–Trinajstić information content (AvgIpc) is 3.11. The minimum atomic E-state index is -3.97. The number of aromatic nitrogens is 1. The number of piperidine rings is 1. The van der Waals surface area contributed by atoms with E-state index >= 15 is 0 Å². The molecule has 4 aromatic carbocycles. The van der Waals surface area contributed by atoms with Gasteiger partial charge in [0.05, 0.1) is 11.2 Å². The molecule has 1 aliphatic rings. The molecule has 0 radical (unpaired) electrons. The fraction of sp³-hybridized carbons (Fsp3) is 0.263. The molecule has 0 saturated carbocycles. The molecule has 1 atom stereocenters. The summed E-state index contributed by atoms with van der Waals surface area (Å²) >= 11 is 0. The molecule has 1 fully saturated rings. The predicted octanol–water partition coefficient (Wildman–Crippen LogP) is 7.12. The van der Waals surface area contributed by atoms with Crippen LogP contribution in [0.2, 0.25) is 0 Å². The number of pyridine rings is 1. The second kappa shape index (κ2) is 14.8. The van der Waals surface area contributed by atoms with E-state index in [1.54, 1.807) is 29.3 Å². The molecule has 9 heteroatoms. The van der Waals surface area contributed by atoms with Crippen LogP contribution in [0.25, 0.3) is 10.9 Å². The number of benzene rings is 4. The number of hydrogen-bond acceptors (Lipinski definition) is 6. The van der Waals surface area contributed by atoms with Crippen LogP contribution in [-0.2, 0) is 27.8 Å². The Labute approximate surface area is 277 Å². The van der Waals surface area contributed by atoms with E-state index in [0.29, 0.717) is 37.1 Å². The first kappa shape index (κ1) is 32.2. The Balaban J connectivity index is 1.13. The van der Waals surface area contributed by atoms with E-state index in [1.165, 1.54) is 15.4 Å². The first-order valence-corrected chi connectivity index (χ1v) is 17.5. The van der Waals surface area contributed by atoms with E-state index < -0.39 is 10.0 Å². The van der Waals surface area contributed by atoms with Crippen molar-refractivity contribution in [2.75, 3.05) is 24.0 Å². The zero-order valence-electron chi connectivity index (χ0n) is 26.6. The molecular weight excluding hydrogens is 609 g/mol. The van der Waals surface area contributed by atoms with Gasteiger partial charge in [0, 0.05) is 49.8 Å². The van der Waals surface area contributed by atoms with Crippen molar-refractivity contribution in [1.82, 2.24) is 14.8 Å². The SMILES string of the molecule is C[C@@H](COC(=O)N1CCC(N(c2ccccc2)S(=O)(=O)c2cccc3cccnc23)CC1)N(Cc1ccccc1)Cc1ccccc1. The summed E-state index contributed by atoms with van der Waals surface area (Å²) in [7, 11) is -3.97. The Hall–Kier alpha value is -4.73. The van der Waals surface area contributed by atoms with E-state index in [1.807, 2.05) is 78.9 Å². The lowest BCUT2D eigenvalue weighted by Gasteiger charge is -2.39. The summed E-state index contributed by atoms with van der Waals surface area (Å²) in [5.41, 5.74) is 3.42. The van der Waals surface area contributed by atoms with Crippen LogP contribution in [0.4, 0.5) is 10.5 Å². The molecule has 0 bridgehead atoms. The zero-order valence-corrected chi connectivity index (χ0v) is 27.4. The van der Waals surface area contributed by atoms with Crippen molar-refractivity contribution in [3.63, 3.8) is 0 Å². The number of carbonyl (C=O) groups is 1. The van der Waals surface area contributed by atoms with Crippen LogP contribution in [-0.4, -0.2) is 61.1 Å². The highest BCUT2D eigenvalue weighted by Gasteiger charge is 2.36. The third-order valence-corrected chi connectivity index (χ3v) is 10.6. The van der Waals surface area contributed by atoms with Crippen LogP contribution in [0, 0.1) is 0 Å². The van der Waals surface area contributed by atoms with Gasteiger partial charge in [0.15, 0.2) is 0 Å². The molecule has 1 amide bonds. The van der Waals surface area contributed by atoms with E-state index in [4.69, 9.17) is 4.74 Å². The van der Waals surface area contributed by atoms with Crippen LogP contribution in [0.15, 0.2) is 132 Å². The summed E-state index contributed by atoms with van der Waals surface area (Å²) in [6.45, 7) is 4.57. The molecule has 0 N–H and O–H groups in total. The molecular formula is C38H40N4O4S. The Morgan fingerprint density at radius 1 is 0.809 bits per heavy atom. The van der Waals surface area contributed by atoms with Crippen molar-refractivity contribution in [1.29, 1.82) is 0 Å². The highest BCUT2D eigenvalue weighted by atomic mass is 32.2. The highest BCUT2D eigenvalue weighted by molar-refractivity contribution is 7.93. The number of carbonyl (C=O) groups excluding carboxylic acids is 1. The zero-order chi connectivity index (χ0) is 32.6. The first-order chi connectivity index (χ1) is 22.9. The summed E-state index contributed by atoms with van der Waals surface area (Å²) in [4.78, 5) is 21.9. The van der Waals surface area contributed by atoms with Crippen molar-refractivity contribution < 1.29 is 17.9 Å². The molecule has 0 unspecified atom stereocenters. The Kier molecular flexibility index (Phi) is 10.1. The topological polar surface area (TPSA) is 83.0 Å². The highest BCUT2D eigenvalue weighted by Crippen LogP contribution is 2.33. The third kappa shape index (κ3) is 7.64. The number of nitrogens with zero attached hydrogens (tertiary/aromatic N) is 4. The van der Waals surface area contributed by atoms with Crippen LogP contribution >= 0.6 is 0 Å².